The van der Waals surface area contributed by atoms with Crippen molar-refractivity contribution >= 4 is 11.9 Å². The summed E-state index contributed by atoms with van der Waals surface area (Å²) in [6.07, 6.45) is -4.40. The van der Waals surface area contributed by atoms with Crippen LogP contribution in [0.3, 0.4) is 0 Å². The SMILES string of the molecule is Cc1nn(Cc2ccccc2)c(C)c1CNC(=O)COC(=O)c1ccc(COCC(F)(F)F)cc1. The van der Waals surface area contributed by atoms with E-state index in [9.17, 15) is 22.8 Å². The van der Waals surface area contributed by atoms with Crippen LogP contribution in [0.15, 0.2) is 54.6 Å². The Morgan fingerprint density at radius 3 is 2.34 bits per heavy atom. The van der Waals surface area contributed by atoms with E-state index in [1.807, 2.05) is 48.9 Å². The maximum Gasteiger partial charge on any atom is 0.411 e. The Balaban J connectivity index is 1.45. The largest absolute Gasteiger partial charge is 0.452 e. The van der Waals surface area contributed by atoms with E-state index in [-0.39, 0.29) is 18.7 Å². The number of esters is 1. The maximum absolute atomic E-state index is 12.2. The number of hydrogen-bond donors (Lipinski definition) is 1. The zero-order valence-corrected chi connectivity index (χ0v) is 19.4. The molecule has 0 aliphatic rings. The van der Waals surface area contributed by atoms with Crippen LogP contribution in [0.5, 0.6) is 0 Å². The quantitative estimate of drug-likeness (QED) is 0.434. The van der Waals surface area contributed by atoms with Crippen molar-refractivity contribution in [2.24, 2.45) is 0 Å². The van der Waals surface area contributed by atoms with Crippen molar-refractivity contribution in [1.82, 2.24) is 15.1 Å². The number of halogens is 3. The molecule has 1 amide bonds. The topological polar surface area (TPSA) is 82.5 Å². The average Bonchev–Trinajstić information content (AvgIpc) is 3.08. The van der Waals surface area contributed by atoms with Crippen LogP contribution in [-0.4, -0.2) is 41.0 Å². The highest BCUT2D eigenvalue weighted by molar-refractivity contribution is 5.91. The number of nitrogens with zero attached hydrogens (tertiary/aromatic N) is 2. The molecule has 0 saturated carbocycles. The monoisotopic (exact) mass is 489 g/mol. The van der Waals surface area contributed by atoms with E-state index in [4.69, 9.17) is 4.74 Å². The Bertz CT molecular complexity index is 1140. The second-order valence-electron chi connectivity index (χ2n) is 7.95. The Labute approximate surface area is 200 Å². The number of carbonyl (C=O) groups excluding carboxylic acids is 2. The van der Waals surface area contributed by atoms with Gasteiger partial charge in [0.05, 0.1) is 24.4 Å². The number of aromatic nitrogens is 2. The van der Waals surface area contributed by atoms with Gasteiger partial charge < -0.3 is 14.8 Å². The van der Waals surface area contributed by atoms with E-state index in [1.165, 1.54) is 24.3 Å². The number of rotatable bonds is 10. The second kappa shape index (κ2) is 11.7. The zero-order valence-electron chi connectivity index (χ0n) is 19.4. The smallest absolute Gasteiger partial charge is 0.411 e. The Morgan fingerprint density at radius 2 is 1.69 bits per heavy atom. The summed E-state index contributed by atoms with van der Waals surface area (Å²) in [7, 11) is 0. The van der Waals surface area contributed by atoms with Crippen LogP contribution in [0.4, 0.5) is 13.2 Å². The van der Waals surface area contributed by atoms with Gasteiger partial charge in [0.25, 0.3) is 5.91 Å². The molecule has 0 radical (unpaired) electrons. The van der Waals surface area contributed by atoms with Crippen LogP contribution in [0.25, 0.3) is 0 Å². The summed E-state index contributed by atoms with van der Waals surface area (Å²) >= 11 is 0. The van der Waals surface area contributed by atoms with Crippen LogP contribution >= 0.6 is 0 Å². The first-order chi connectivity index (χ1) is 16.6. The third-order valence-corrected chi connectivity index (χ3v) is 5.23. The van der Waals surface area contributed by atoms with Crippen molar-refractivity contribution in [3.05, 3.63) is 88.2 Å². The summed E-state index contributed by atoms with van der Waals surface area (Å²) in [6.45, 7) is 2.61. The molecular weight excluding hydrogens is 463 g/mol. The van der Waals surface area contributed by atoms with Crippen molar-refractivity contribution in [1.29, 1.82) is 0 Å². The minimum Gasteiger partial charge on any atom is -0.452 e. The first kappa shape index (κ1) is 26.0. The van der Waals surface area contributed by atoms with E-state index >= 15 is 0 Å². The molecule has 186 valence electrons. The molecule has 1 heterocycles. The number of aryl methyl sites for hydroxylation is 1. The molecule has 10 heteroatoms. The molecule has 0 fully saturated rings. The van der Waals surface area contributed by atoms with E-state index in [1.54, 1.807) is 0 Å². The van der Waals surface area contributed by atoms with E-state index in [2.05, 4.69) is 15.2 Å². The number of benzene rings is 2. The molecular formula is C25H26F3N3O4. The molecule has 3 aromatic rings. The predicted molar refractivity (Wildman–Crippen MR) is 122 cm³/mol. The van der Waals surface area contributed by atoms with Gasteiger partial charge in [-0.15, -0.1) is 0 Å². The van der Waals surface area contributed by atoms with Gasteiger partial charge in [-0.05, 0) is 37.1 Å². The van der Waals surface area contributed by atoms with Crippen LogP contribution in [0.2, 0.25) is 0 Å². The molecule has 0 aliphatic heterocycles. The Morgan fingerprint density at radius 1 is 1.00 bits per heavy atom. The van der Waals surface area contributed by atoms with Gasteiger partial charge in [0.2, 0.25) is 0 Å². The van der Waals surface area contributed by atoms with E-state index in [0.29, 0.717) is 12.1 Å². The molecule has 1 N–H and O–H groups in total. The van der Waals surface area contributed by atoms with Crippen molar-refractivity contribution in [2.75, 3.05) is 13.2 Å². The molecule has 35 heavy (non-hydrogen) atoms. The first-order valence-corrected chi connectivity index (χ1v) is 10.9. The van der Waals surface area contributed by atoms with Crippen LogP contribution in [-0.2, 0) is 34.0 Å². The van der Waals surface area contributed by atoms with Gasteiger partial charge in [-0.25, -0.2) is 4.79 Å². The van der Waals surface area contributed by atoms with Crippen molar-refractivity contribution < 1.29 is 32.2 Å². The fraction of sp³-hybridized carbons (Fsp3) is 0.320. The third kappa shape index (κ3) is 7.96. The number of carbonyl (C=O) groups is 2. The number of ether oxygens (including phenoxy) is 2. The van der Waals surface area contributed by atoms with Gasteiger partial charge >= 0.3 is 12.1 Å². The summed E-state index contributed by atoms with van der Waals surface area (Å²) in [5, 5.41) is 7.28. The Hall–Kier alpha value is -3.66. The van der Waals surface area contributed by atoms with Gasteiger partial charge in [0.1, 0.15) is 6.61 Å². The summed E-state index contributed by atoms with van der Waals surface area (Å²) in [5.41, 5.74) is 4.39. The second-order valence-corrected chi connectivity index (χ2v) is 7.95. The molecule has 0 atom stereocenters. The lowest BCUT2D eigenvalue weighted by atomic mass is 10.1. The molecule has 0 aliphatic carbocycles. The maximum atomic E-state index is 12.2. The van der Waals surface area contributed by atoms with Gasteiger partial charge in [-0.1, -0.05) is 42.5 Å². The minimum atomic E-state index is -4.40. The average molecular weight is 489 g/mol. The number of amides is 1. The van der Waals surface area contributed by atoms with Crippen molar-refractivity contribution in [2.45, 2.75) is 39.7 Å². The highest BCUT2D eigenvalue weighted by Gasteiger charge is 2.27. The molecule has 0 saturated heterocycles. The minimum absolute atomic E-state index is 0.172. The van der Waals surface area contributed by atoms with Crippen LogP contribution in [0.1, 0.15) is 38.4 Å². The standard InChI is InChI=1S/C25H26F3N3O4/c1-17-22(18(2)31(30-17)13-19-6-4-3-5-7-19)12-29-23(32)15-35-24(33)21-10-8-20(9-11-21)14-34-16-25(26,27)28/h3-11H,12-16H2,1-2H3,(H,29,32). The number of alkyl halides is 3. The van der Waals surface area contributed by atoms with Crippen LogP contribution in [0, 0.1) is 13.8 Å². The van der Waals surface area contributed by atoms with Gasteiger partial charge in [0.15, 0.2) is 6.61 Å². The number of hydrogen-bond acceptors (Lipinski definition) is 5. The fourth-order valence-corrected chi connectivity index (χ4v) is 3.37. The summed E-state index contributed by atoms with van der Waals surface area (Å²) < 4.78 is 47.9. The van der Waals surface area contributed by atoms with Gasteiger partial charge in [0, 0.05) is 17.8 Å². The lowest BCUT2D eigenvalue weighted by Crippen LogP contribution is -2.28. The highest BCUT2D eigenvalue weighted by atomic mass is 19.4. The first-order valence-electron chi connectivity index (χ1n) is 10.9. The molecule has 0 unspecified atom stereocenters. The summed E-state index contributed by atoms with van der Waals surface area (Å²) in [5.74, 6) is -1.18. The third-order valence-electron chi connectivity index (χ3n) is 5.23. The lowest BCUT2D eigenvalue weighted by Gasteiger charge is -2.09. The van der Waals surface area contributed by atoms with Crippen molar-refractivity contribution in [3.8, 4) is 0 Å². The molecule has 3 rings (SSSR count). The highest BCUT2D eigenvalue weighted by Crippen LogP contribution is 2.16. The fourth-order valence-electron chi connectivity index (χ4n) is 3.37. The van der Waals surface area contributed by atoms with E-state index in [0.717, 1.165) is 22.5 Å². The molecule has 2 aromatic carbocycles. The molecule has 1 aromatic heterocycles. The van der Waals surface area contributed by atoms with Gasteiger partial charge in [-0.2, -0.15) is 18.3 Å². The molecule has 0 spiro atoms. The molecule has 0 bridgehead atoms. The summed E-state index contributed by atoms with van der Waals surface area (Å²) in [4.78, 5) is 24.4. The van der Waals surface area contributed by atoms with Crippen molar-refractivity contribution in [3.63, 3.8) is 0 Å². The predicted octanol–water partition coefficient (Wildman–Crippen LogP) is 4.10. The normalized spacial score (nSPS) is 11.3. The zero-order chi connectivity index (χ0) is 25.4. The molecule has 7 nitrogen and oxygen atoms in total. The number of nitrogens with one attached hydrogen (secondary N) is 1. The Kier molecular flexibility index (Phi) is 8.64. The van der Waals surface area contributed by atoms with E-state index < -0.39 is 31.3 Å². The lowest BCUT2D eigenvalue weighted by molar-refractivity contribution is -0.176. The summed E-state index contributed by atoms with van der Waals surface area (Å²) in [6, 6.07) is 15.6. The van der Waals surface area contributed by atoms with Crippen LogP contribution < -0.4 is 5.32 Å². The van der Waals surface area contributed by atoms with Gasteiger partial charge in [-0.3, -0.25) is 9.48 Å².